The highest BCUT2D eigenvalue weighted by molar-refractivity contribution is 6.06. The second-order valence-corrected chi connectivity index (χ2v) is 6.30. The number of likely N-dealkylation sites (tertiary alicyclic amines) is 1. The second kappa shape index (κ2) is 7.82. The van der Waals surface area contributed by atoms with Crippen molar-refractivity contribution in [3.05, 3.63) is 59.7 Å². The molecule has 1 aliphatic rings. The van der Waals surface area contributed by atoms with Gasteiger partial charge in [-0.25, -0.2) is 0 Å². The van der Waals surface area contributed by atoms with Gasteiger partial charge in [0.05, 0.1) is 0 Å². The molecule has 26 heavy (non-hydrogen) atoms. The Morgan fingerprint density at radius 2 is 1.46 bits per heavy atom. The van der Waals surface area contributed by atoms with E-state index < -0.39 is 0 Å². The first kappa shape index (κ1) is 17.7. The summed E-state index contributed by atoms with van der Waals surface area (Å²) < 4.78 is 0. The maximum absolute atomic E-state index is 12.5. The van der Waals surface area contributed by atoms with Crippen LogP contribution in [-0.4, -0.2) is 35.7 Å². The standard InChI is InChI=1S/C20H21N3O3/c1-14(24)21-17-8-5-9-18(13-17)22-19(25)15-6-4-7-16(12-15)20(26)23-10-2-3-11-23/h4-9,12-13H,2-3,10-11H2,1H3,(H,21,24)(H,22,25). The number of benzene rings is 2. The maximum Gasteiger partial charge on any atom is 0.255 e. The first-order valence-corrected chi connectivity index (χ1v) is 8.61. The lowest BCUT2D eigenvalue weighted by Crippen LogP contribution is -2.27. The third-order valence-electron chi connectivity index (χ3n) is 4.21. The molecule has 1 aliphatic heterocycles. The molecule has 2 aromatic carbocycles. The Kier molecular flexibility index (Phi) is 5.31. The lowest BCUT2D eigenvalue weighted by atomic mass is 10.1. The molecular formula is C20H21N3O3. The third-order valence-corrected chi connectivity index (χ3v) is 4.21. The van der Waals surface area contributed by atoms with E-state index >= 15 is 0 Å². The summed E-state index contributed by atoms with van der Waals surface area (Å²) in [4.78, 5) is 38.0. The molecule has 2 N–H and O–H groups in total. The smallest absolute Gasteiger partial charge is 0.255 e. The summed E-state index contributed by atoms with van der Waals surface area (Å²) >= 11 is 0. The highest BCUT2D eigenvalue weighted by atomic mass is 16.2. The first-order valence-electron chi connectivity index (χ1n) is 8.61. The van der Waals surface area contributed by atoms with E-state index in [4.69, 9.17) is 0 Å². The SMILES string of the molecule is CC(=O)Nc1cccc(NC(=O)c2cccc(C(=O)N3CCCC3)c2)c1. The fraction of sp³-hybridized carbons (Fsp3) is 0.250. The van der Waals surface area contributed by atoms with E-state index in [9.17, 15) is 14.4 Å². The molecule has 0 aliphatic carbocycles. The molecule has 134 valence electrons. The Morgan fingerprint density at radius 1 is 0.846 bits per heavy atom. The van der Waals surface area contributed by atoms with Crippen molar-refractivity contribution < 1.29 is 14.4 Å². The molecule has 1 fully saturated rings. The van der Waals surface area contributed by atoms with Crippen molar-refractivity contribution in [2.75, 3.05) is 23.7 Å². The number of nitrogens with one attached hydrogen (secondary N) is 2. The van der Waals surface area contributed by atoms with Gasteiger partial charge in [-0.1, -0.05) is 12.1 Å². The first-order chi connectivity index (χ1) is 12.5. The number of carbonyl (C=O) groups excluding carboxylic acids is 3. The molecule has 3 amide bonds. The number of hydrogen-bond donors (Lipinski definition) is 2. The minimum absolute atomic E-state index is 0.0372. The zero-order valence-corrected chi connectivity index (χ0v) is 14.6. The van der Waals surface area contributed by atoms with Crippen LogP contribution in [0.5, 0.6) is 0 Å². The lowest BCUT2D eigenvalue weighted by Gasteiger charge is -2.15. The molecule has 2 aromatic rings. The Bertz CT molecular complexity index is 842. The number of nitrogens with zero attached hydrogens (tertiary/aromatic N) is 1. The number of hydrogen-bond acceptors (Lipinski definition) is 3. The van der Waals surface area contributed by atoms with Gasteiger partial charge < -0.3 is 15.5 Å². The van der Waals surface area contributed by atoms with Gasteiger partial charge in [0, 0.05) is 42.5 Å². The predicted octanol–water partition coefficient (Wildman–Crippen LogP) is 3.13. The van der Waals surface area contributed by atoms with Gasteiger partial charge in [-0.15, -0.1) is 0 Å². The van der Waals surface area contributed by atoms with Gasteiger partial charge in [-0.2, -0.15) is 0 Å². The minimum atomic E-state index is -0.305. The van der Waals surface area contributed by atoms with E-state index in [1.807, 2.05) is 4.90 Å². The Hall–Kier alpha value is -3.15. The molecule has 0 saturated carbocycles. The molecule has 1 saturated heterocycles. The van der Waals surface area contributed by atoms with Gasteiger partial charge in [0.1, 0.15) is 0 Å². The predicted molar refractivity (Wildman–Crippen MR) is 100 cm³/mol. The Morgan fingerprint density at radius 3 is 2.15 bits per heavy atom. The minimum Gasteiger partial charge on any atom is -0.339 e. The average molecular weight is 351 g/mol. The van der Waals surface area contributed by atoms with E-state index in [1.54, 1.807) is 48.5 Å². The Balaban J connectivity index is 1.73. The normalized spacial score (nSPS) is 13.3. The summed E-state index contributed by atoms with van der Waals surface area (Å²) in [5, 5.41) is 5.47. The van der Waals surface area contributed by atoms with Crippen LogP contribution in [0.1, 0.15) is 40.5 Å². The number of amides is 3. The van der Waals surface area contributed by atoms with Crippen LogP contribution in [0, 0.1) is 0 Å². The van der Waals surface area contributed by atoms with Crippen molar-refractivity contribution in [1.29, 1.82) is 0 Å². The molecule has 0 unspecified atom stereocenters. The second-order valence-electron chi connectivity index (χ2n) is 6.30. The molecule has 3 rings (SSSR count). The quantitative estimate of drug-likeness (QED) is 0.888. The van der Waals surface area contributed by atoms with Crippen molar-refractivity contribution in [2.45, 2.75) is 19.8 Å². The molecule has 0 bridgehead atoms. The van der Waals surface area contributed by atoms with E-state index in [-0.39, 0.29) is 17.7 Å². The van der Waals surface area contributed by atoms with Crippen LogP contribution in [0.25, 0.3) is 0 Å². The van der Waals surface area contributed by atoms with Gasteiger partial charge in [-0.3, -0.25) is 14.4 Å². The summed E-state index contributed by atoms with van der Waals surface area (Å²) in [6.07, 6.45) is 2.05. The highest BCUT2D eigenvalue weighted by Gasteiger charge is 2.20. The summed E-state index contributed by atoms with van der Waals surface area (Å²) in [5.74, 6) is -0.521. The molecule has 6 nitrogen and oxygen atoms in total. The summed E-state index contributed by atoms with van der Waals surface area (Å²) in [5.41, 5.74) is 2.11. The van der Waals surface area contributed by atoms with Crippen LogP contribution < -0.4 is 10.6 Å². The number of anilines is 2. The van der Waals surface area contributed by atoms with Gasteiger partial charge in [0.2, 0.25) is 5.91 Å². The van der Waals surface area contributed by atoms with E-state index in [0.717, 1.165) is 25.9 Å². The fourth-order valence-corrected chi connectivity index (χ4v) is 2.98. The molecule has 6 heteroatoms. The monoisotopic (exact) mass is 351 g/mol. The fourth-order valence-electron chi connectivity index (χ4n) is 2.98. The van der Waals surface area contributed by atoms with Crippen molar-refractivity contribution in [1.82, 2.24) is 4.90 Å². The van der Waals surface area contributed by atoms with Gasteiger partial charge in [0.15, 0.2) is 0 Å². The van der Waals surface area contributed by atoms with Crippen LogP contribution in [0.15, 0.2) is 48.5 Å². The third kappa shape index (κ3) is 4.27. The lowest BCUT2D eigenvalue weighted by molar-refractivity contribution is -0.114. The summed E-state index contributed by atoms with van der Waals surface area (Å²) in [6, 6.07) is 13.6. The number of rotatable bonds is 4. The summed E-state index contributed by atoms with van der Waals surface area (Å²) in [6.45, 7) is 2.96. The molecular weight excluding hydrogens is 330 g/mol. The molecule has 1 heterocycles. The van der Waals surface area contributed by atoms with Gasteiger partial charge in [-0.05, 0) is 49.2 Å². The van der Waals surface area contributed by atoms with Gasteiger partial charge in [0.25, 0.3) is 11.8 Å². The van der Waals surface area contributed by atoms with E-state index in [1.165, 1.54) is 6.92 Å². The number of carbonyl (C=O) groups is 3. The van der Waals surface area contributed by atoms with Crippen LogP contribution in [0.2, 0.25) is 0 Å². The topological polar surface area (TPSA) is 78.5 Å². The molecule has 0 atom stereocenters. The molecule has 0 aromatic heterocycles. The zero-order valence-electron chi connectivity index (χ0n) is 14.6. The van der Waals surface area contributed by atoms with E-state index in [2.05, 4.69) is 10.6 Å². The van der Waals surface area contributed by atoms with Crippen molar-refractivity contribution in [3.8, 4) is 0 Å². The Labute approximate surface area is 152 Å². The van der Waals surface area contributed by atoms with Crippen LogP contribution in [0.3, 0.4) is 0 Å². The van der Waals surface area contributed by atoms with Gasteiger partial charge >= 0.3 is 0 Å². The molecule has 0 radical (unpaired) electrons. The highest BCUT2D eigenvalue weighted by Crippen LogP contribution is 2.18. The van der Waals surface area contributed by atoms with Crippen molar-refractivity contribution in [2.24, 2.45) is 0 Å². The van der Waals surface area contributed by atoms with E-state index in [0.29, 0.717) is 22.5 Å². The van der Waals surface area contributed by atoms with Crippen LogP contribution in [-0.2, 0) is 4.79 Å². The molecule has 0 spiro atoms. The average Bonchev–Trinajstić information content (AvgIpc) is 3.15. The zero-order chi connectivity index (χ0) is 18.5. The summed E-state index contributed by atoms with van der Waals surface area (Å²) in [7, 11) is 0. The van der Waals surface area contributed by atoms with Crippen LogP contribution in [0.4, 0.5) is 11.4 Å². The van der Waals surface area contributed by atoms with Crippen molar-refractivity contribution >= 4 is 29.1 Å². The largest absolute Gasteiger partial charge is 0.339 e. The van der Waals surface area contributed by atoms with Crippen LogP contribution >= 0.6 is 0 Å². The maximum atomic E-state index is 12.5. The van der Waals surface area contributed by atoms with Crippen molar-refractivity contribution in [3.63, 3.8) is 0 Å².